The van der Waals surface area contributed by atoms with Gasteiger partial charge in [0, 0.05) is 4.90 Å². The fourth-order valence-corrected chi connectivity index (χ4v) is 6.61. The SMILES string of the molecule is CNCCCC1Sc2ccccc2N(c2ccc(OC)cc2)S1(O)O.Cl. The lowest BCUT2D eigenvalue weighted by atomic mass is 10.2. The number of halogens is 1. The van der Waals surface area contributed by atoms with Crippen LogP contribution in [-0.2, 0) is 0 Å². The molecule has 1 atom stereocenters. The van der Waals surface area contributed by atoms with Crippen LogP contribution in [-0.4, -0.2) is 34.4 Å². The number of nitrogens with zero attached hydrogens (tertiary/aromatic N) is 1. The molecule has 144 valence electrons. The van der Waals surface area contributed by atoms with Crippen molar-refractivity contribution in [3.63, 3.8) is 0 Å². The molecule has 0 fully saturated rings. The number of hydrogen-bond donors (Lipinski definition) is 3. The highest BCUT2D eigenvalue weighted by Crippen LogP contribution is 2.65. The fourth-order valence-electron chi connectivity index (χ4n) is 2.87. The van der Waals surface area contributed by atoms with Gasteiger partial charge in [-0.05, 0) is 62.8 Å². The van der Waals surface area contributed by atoms with Gasteiger partial charge in [0.1, 0.15) is 10.3 Å². The smallest absolute Gasteiger partial charge is 0.119 e. The number of anilines is 2. The minimum absolute atomic E-state index is 0. The molecule has 1 heterocycles. The van der Waals surface area contributed by atoms with Crippen LogP contribution < -0.4 is 14.4 Å². The molecule has 3 N–H and O–H groups in total. The predicted octanol–water partition coefficient (Wildman–Crippen LogP) is 5.35. The molecule has 1 aliphatic rings. The highest BCUT2D eigenvalue weighted by Gasteiger charge is 2.39. The van der Waals surface area contributed by atoms with Gasteiger partial charge >= 0.3 is 0 Å². The van der Waals surface area contributed by atoms with E-state index in [0.717, 1.165) is 41.4 Å². The van der Waals surface area contributed by atoms with E-state index in [1.54, 1.807) is 23.2 Å². The van der Waals surface area contributed by atoms with E-state index in [4.69, 9.17) is 4.74 Å². The van der Waals surface area contributed by atoms with Crippen molar-refractivity contribution in [2.45, 2.75) is 22.3 Å². The van der Waals surface area contributed by atoms with Crippen LogP contribution in [0.5, 0.6) is 5.75 Å². The summed E-state index contributed by atoms with van der Waals surface area (Å²) in [5, 5.41) is 3.12. The van der Waals surface area contributed by atoms with Gasteiger partial charge in [-0.25, -0.2) is 4.31 Å². The Kier molecular flexibility index (Phi) is 7.52. The summed E-state index contributed by atoms with van der Waals surface area (Å²) < 4.78 is 28.9. The zero-order valence-corrected chi connectivity index (χ0v) is 17.2. The monoisotopic (exact) mass is 416 g/mol. The summed E-state index contributed by atoms with van der Waals surface area (Å²) in [5.74, 6) is 0.741. The normalized spacial score (nSPS) is 19.2. The van der Waals surface area contributed by atoms with E-state index in [-0.39, 0.29) is 17.0 Å². The van der Waals surface area contributed by atoms with Crippen molar-refractivity contribution in [3.8, 4) is 5.75 Å². The second kappa shape index (κ2) is 9.21. The summed E-state index contributed by atoms with van der Waals surface area (Å²) in [6.07, 6.45) is 1.62. The summed E-state index contributed by atoms with van der Waals surface area (Å²) in [5.41, 5.74) is 1.59. The highest BCUT2D eigenvalue weighted by atomic mass is 35.5. The van der Waals surface area contributed by atoms with Crippen LogP contribution in [0.2, 0.25) is 0 Å². The first-order valence-corrected chi connectivity index (χ1v) is 10.6. The van der Waals surface area contributed by atoms with E-state index in [1.165, 1.54) is 0 Å². The largest absolute Gasteiger partial charge is 0.497 e. The highest BCUT2D eigenvalue weighted by molar-refractivity contribution is 8.34. The summed E-state index contributed by atoms with van der Waals surface area (Å²) >= 11 is 1.56. The number of nitrogens with one attached hydrogen (secondary N) is 1. The molecule has 26 heavy (non-hydrogen) atoms. The third-order valence-electron chi connectivity index (χ3n) is 4.14. The second-order valence-electron chi connectivity index (χ2n) is 5.81. The molecule has 2 aromatic rings. The maximum absolute atomic E-state index is 11.1. The molecule has 0 saturated heterocycles. The average Bonchev–Trinajstić information content (AvgIpc) is 2.62. The van der Waals surface area contributed by atoms with Crippen LogP contribution in [0.1, 0.15) is 12.8 Å². The maximum Gasteiger partial charge on any atom is 0.119 e. The van der Waals surface area contributed by atoms with Crippen molar-refractivity contribution in [1.29, 1.82) is 0 Å². The first-order valence-electron chi connectivity index (χ1n) is 8.19. The van der Waals surface area contributed by atoms with Crippen LogP contribution >= 0.6 is 34.9 Å². The zero-order chi connectivity index (χ0) is 17.9. The van der Waals surface area contributed by atoms with Gasteiger partial charge in [0.05, 0.1) is 18.5 Å². The van der Waals surface area contributed by atoms with Gasteiger partial charge in [-0.2, -0.15) is 0 Å². The van der Waals surface area contributed by atoms with Crippen LogP contribution in [0.4, 0.5) is 11.4 Å². The number of ether oxygens (including phenoxy) is 1. The van der Waals surface area contributed by atoms with Gasteiger partial charge in [0.2, 0.25) is 0 Å². The summed E-state index contributed by atoms with van der Waals surface area (Å²) in [4.78, 5) is 1.07. The minimum atomic E-state index is -3.00. The van der Waals surface area contributed by atoms with Crippen LogP contribution in [0, 0.1) is 0 Å². The standard InChI is InChI=1S/C18H24N2O3S2.ClH/c1-19-13-5-8-18-24-17-7-4-3-6-16(17)20(25(18,21)22)14-9-11-15(23-2)12-10-14;/h3-4,6-7,9-12,18-19,21-22H,5,8,13H2,1-2H3;1H. The van der Waals surface area contributed by atoms with Crippen molar-refractivity contribution in [2.24, 2.45) is 0 Å². The summed E-state index contributed by atoms with van der Waals surface area (Å²) in [7, 11) is 0.523. The topological polar surface area (TPSA) is 65.0 Å². The molecule has 0 bridgehead atoms. The molecule has 3 rings (SSSR count). The van der Waals surface area contributed by atoms with E-state index >= 15 is 0 Å². The number of hydrogen-bond acceptors (Lipinski definition) is 6. The first-order chi connectivity index (χ1) is 12.1. The van der Waals surface area contributed by atoms with Crippen molar-refractivity contribution >= 4 is 46.3 Å². The predicted molar refractivity (Wildman–Crippen MR) is 114 cm³/mol. The van der Waals surface area contributed by atoms with E-state index in [2.05, 4.69) is 5.32 Å². The molecule has 2 aromatic carbocycles. The number of para-hydroxylation sites is 1. The van der Waals surface area contributed by atoms with Crippen molar-refractivity contribution in [1.82, 2.24) is 5.32 Å². The van der Waals surface area contributed by atoms with E-state index in [0.29, 0.717) is 0 Å². The van der Waals surface area contributed by atoms with Gasteiger partial charge in [0.15, 0.2) is 0 Å². The molecule has 0 aromatic heterocycles. The van der Waals surface area contributed by atoms with Crippen LogP contribution in [0.15, 0.2) is 53.4 Å². The molecule has 1 aliphatic heterocycles. The lowest BCUT2D eigenvalue weighted by molar-refractivity contribution is 0.415. The quantitative estimate of drug-likeness (QED) is 0.551. The number of rotatable bonds is 6. The van der Waals surface area contributed by atoms with Crippen molar-refractivity contribution in [2.75, 3.05) is 25.0 Å². The maximum atomic E-state index is 11.1. The molecule has 0 saturated carbocycles. The molecule has 0 radical (unpaired) electrons. The Labute approximate surface area is 167 Å². The molecular formula is C18H25ClN2O3S2. The first kappa shape index (κ1) is 21.2. The number of thioether (sulfide) groups is 1. The second-order valence-corrected chi connectivity index (χ2v) is 9.41. The Morgan fingerprint density at radius 1 is 1.15 bits per heavy atom. The average molecular weight is 417 g/mol. The Morgan fingerprint density at radius 2 is 1.85 bits per heavy atom. The lowest BCUT2D eigenvalue weighted by Crippen LogP contribution is -2.33. The molecule has 5 nitrogen and oxygen atoms in total. The van der Waals surface area contributed by atoms with Gasteiger partial charge in [-0.1, -0.05) is 23.9 Å². The number of methoxy groups -OCH3 is 1. The molecule has 0 aliphatic carbocycles. The van der Waals surface area contributed by atoms with Gasteiger partial charge in [-0.3, -0.25) is 9.11 Å². The zero-order valence-electron chi connectivity index (χ0n) is 14.8. The van der Waals surface area contributed by atoms with Gasteiger partial charge in [-0.15, -0.1) is 23.2 Å². The Morgan fingerprint density at radius 3 is 2.50 bits per heavy atom. The number of benzene rings is 2. The van der Waals surface area contributed by atoms with Crippen LogP contribution in [0.3, 0.4) is 0 Å². The van der Waals surface area contributed by atoms with Crippen LogP contribution in [0.25, 0.3) is 0 Å². The third-order valence-corrected chi connectivity index (χ3v) is 8.18. The number of fused-ring (bicyclic) bond motifs is 1. The molecule has 0 spiro atoms. The molecular weight excluding hydrogens is 392 g/mol. The fraction of sp³-hybridized carbons (Fsp3) is 0.333. The molecule has 8 heteroatoms. The Hall–Kier alpha value is -1.09. The minimum Gasteiger partial charge on any atom is -0.497 e. The van der Waals surface area contributed by atoms with Crippen molar-refractivity contribution in [3.05, 3.63) is 48.5 Å². The Bertz CT molecular complexity index is 716. The Balaban J connectivity index is 0.00000243. The summed E-state index contributed by atoms with van der Waals surface area (Å²) in [6.45, 7) is 0.858. The molecule has 0 amide bonds. The third kappa shape index (κ3) is 4.24. The van der Waals surface area contributed by atoms with Crippen molar-refractivity contribution < 1.29 is 13.8 Å². The van der Waals surface area contributed by atoms with Gasteiger partial charge in [0.25, 0.3) is 0 Å². The van der Waals surface area contributed by atoms with E-state index in [1.807, 2.05) is 55.6 Å². The molecule has 1 unspecified atom stereocenters. The van der Waals surface area contributed by atoms with Gasteiger partial charge < -0.3 is 10.1 Å². The summed E-state index contributed by atoms with van der Waals surface area (Å²) in [6, 6.07) is 15.3. The van der Waals surface area contributed by atoms with E-state index < -0.39 is 10.8 Å². The lowest BCUT2D eigenvalue weighted by Gasteiger charge is -2.52. The van der Waals surface area contributed by atoms with E-state index in [9.17, 15) is 9.11 Å².